The van der Waals surface area contributed by atoms with Gasteiger partial charge in [0.1, 0.15) is 11.9 Å². The maximum Gasteiger partial charge on any atom is 0.255 e. The highest BCUT2D eigenvalue weighted by atomic mass is 16.5. The Balaban J connectivity index is 2.05. The first-order chi connectivity index (χ1) is 10.5. The number of carbonyl (C=O) groups excluding carboxylic acids is 2. The molecule has 5 heteroatoms. The number of para-hydroxylation sites is 1. The standard InChI is InChI=1S/C17H17NO4/c1-11-5-3-4-6-15(11)18-16(19)13-7-9-14(10-8-13)22-12(2)17(20)21/h3-10,12H,1-2H3,(H,18,19)(H,20,21)/p-1/t12-/m0/s1. The molecule has 0 heterocycles. The zero-order valence-corrected chi connectivity index (χ0v) is 12.3. The molecular weight excluding hydrogens is 282 g/mol. The Labute approximate surface area is 128 Å². The molecule has 2 rings (SSSR count). The summed E-state index contributed by atoms with van der Waals surface area (Å²) in [6, 6.07) is 13.7. The summed E-state index contributed by atoms with van der Waals surface area (Å²) >= 11 is 0. The zero-order valence-electron chi connectivity index (χ0n) is 12.3. The van der Waals surface area contributed by atoms with Crippen LogP contribution < -0.4 is 15.2 Å². The van der Waals surface area contributed by atoms with E-state index in [9.17, 15) is 14.7 Å². The monoisotopic (exact) mass is 298 g/mol. The van der Waals surface area contributed by atoms with Crippen molar-refractivity contribution in [3.05, 3.63) is 59.7 Å². The largest absolute Gasteiger partial charge is 0.546 e. The first-order valence-corrected chi connectivity index (χ1v) is 6.82. The fourth-order valence-corrected chi connectivity index (χ4v) is 1.84. The number of rotatable bonds is 5. The quantitative estimate of drug-likeness (QED) is 0.912. The van der Waals surface area contributed by atoms with Crippen molar-refractivity contribution in [3.8, 4) is 5.75 Å². The molecule has 0 aliphatic rings. The summed E-state index contributed by atoms with van der Waals surface area (Å²) in [5, 5.41) is 13.4. The van der Waals surface area contributed by atoms with Crippen LogP contribution in [-0.2, 0) is 4.79 Å². The number of aryl methyl sites for hydroxylation is 1. The molecule has 0 saturated carbocycles. The highest BCUT2D eigenvalue weighted by Crippen LogP contribution is 2.17. The van der Waals surface area contributed by atoms with Crippen molar-refractivity contribution >= 4 is 17.6 Å². The maximum absolute atomic E-state index is 12.2. The van der Waals surface area contributed by atoms with Gasteiger partial charge in [-0.25, -0.2) is 0 Å². The van der Waals surface area contributed by atoms with E-state index in [0.29, 0.717) is 11.3 Å². The minimum absolute atomic E-state index is 0.242. The molecule has 0 saturated heterocycles. The van der Waals surface area contributed by atoms with Crippen molar-refractivity contribution in [2.75, 3.05) is 5.32 Å². The van der Waals surface area contributed by atoms with Crippen LogP contribution in [0.3, 0.4) is 0 Å². The van der Waals surface area contributed by atoms with Crippen LogP contribution in [-0.4, -0.2) is 18.0 Å². The average Bonchev–Trinajstić information content (AvgIpc) is 2.50. The summed E-state index contributed by atoms with van der Waals surface area (Å²) in [4.78, 5) is 22.8. The van der Waals surface area contributed by atoms with Crippen LogP contribution in [0.15, 0.2) is 48.5 Å². The van der Waals surface area contributed by atoms with Crippen LogP contribution in [0, 0.1) is 6.92 Å². The van der Waals surface area contributed by atoms with Crippen LogP contribution >= 0.6 is 0 Å². The molecule has 1 N–H and O–H groups in total. The van der Waals surface area contributed by atoms with Gasteiger partial charge in [-0.05, 0) is 49.7 Å². The second-order valence-electron chi connectivity index (χ2n) is 4.87. The Morgan fingerprint density at radius 1 is 1.09 bits per heavy atom. The molecule has 1 atom stereocenters. The third kappa shape index (κ3) is 3.85. The normalized spacial score (nSPS) is 11.5. The summed E-state index contributed by atoms with van der Waals surface area (Å²) in [7, 11) is 0. The smallest absolute Gasteiger partial charge is 0.255 e. The lowest BCUT2D eigenvalue weighted by Gasteiger charge is -2.15. The number of nitrogens with one attached hydrogen (secondary N) is 1. The van der Waals surface area contributed by atoms with E-state index in [2.05, 4.69) is 5.32 Å². The van der Waals surface area contributed by atoms with Crippen molar-refractivity contribution in [3.63, 3.8) is 0 Å². The van der Waals surface area contributed by atoms with Gasteiger partial charge < -0.3 is 20.0 Å². The van der Waals surface area contributed by atoms with Gasteiger partial charge in [-0.15, -0.1) is 0 Å². The summed E-state index contributed by atoms with van der Waals surface area (Å²) in [5.74, 6) is -1.17. The van der Waals surface area contributed by atoms with E-state index in [1.54, 1.807) is 24.3 Å². The number of carboxylic acid groups (broad SMARTS) is 1. The van der Waals surface area contributed by atoms with Crippen molar-refractivity contribution in [1.29, 1.82) is 0 Å². The molecule has 0 aromatic heterocycles. The fourth-order valence-electron chi connectivity index (χ4n) is 1.84. The number of benzene rings is 2. The lowest BCUT2D eigenvalue weighted by molar-refractivity contribution is -0.312. The van der Waals surface area contributed by atoms with Crippen LogP contribution in [0.5, 0.6) is 5.75 Å². The second kappa shape index (κ2) is 6.76. The molecule has 0 fully saturated rings. The van der Waals surface area contributed by atoms with E-state index >= 15 is 0 Å². The van der Waals surface area contributed by atoms with Gasteiger partial charge in [0, 0.05) is 11.3 Å². The van der Waals surface area contributed by atoms with E-state index in [0.717, 1.165) is 11.3 Å². The molecule has 114 valence electrons. The Morgan fingerprint density at radius 3 is 2.32 bits per heavy atom. The summed E-state index contributed by atoms with van der Waals surface area (Å²) in [6.45, 7) is 3.29. The van der Waals surface area contributed by atoms with E-state index in [1.165, 1.54) is 6.92 Å². The number of carboxylic acids is 1. The molecule has 0 bridgehead atoms. The minimum Gasteiger partial charge on any atom is -0.546 e. The minimum atomic E-state index is -1.29. The number of ether oxygens (including phenoxy) is 1. The molecule has 22 heavy (non-hydrogen) atoms. The van der Waals surface area contributed by atoms with Gasteiger partial charge in [-0.1, -0.05) is 18.2 Å². The number of aliphatic carboxylic acids is 1. The lowest BCUT2D eigenvalue weighted by atomic mass is 10.1. The van der Waals surface area contributed by atoms with Crippen molar-refractivity contribution in [1.82, 2.24) is 0 Å². The summed E-state index contributed by atoms with van der Waals surface area (Å²) in [5.41, 5.74) is 2.17. The van der Waals surface area contributed by atoms with E-state index < -0.39 is 12.1 Å². The summed E-state index contributed by atoms with van der Waals surface area (Å²) < 4.78 is 5.15. The van der Waals surface area contributed by atoms with Gasteiger partial charge >= 0.3 is 0 Å². The SMILES string of the molecule is Cc1ccccc1NC(=O)c1ccc(O[C@@H](C)C(=O)[O-])cc1. The van der Waals surface area contributed by atoms with E-state index in [-0.39, 0.29) is 5.91 Å². The molecule has 2 aromatic rings. The first-order valence-electron chi connectivity index (χ1n) is 6.82. The van der Waals surface area contributed by atoms with Crippen LogP contribution in [0.4, 0.5) is 5.69 Å². The first kappa shape index (κ1) is 15.6. The molecular formula is C17H16NO4-. The predicted molar refractivity (Wildman–Crippen MR) is 80.7 cm³/mol. The Bertz CT molecular complexity index is 679. The fraction of sp³-hybridized carbons (Fsp3) is 0.176. The Kier molecular flexibility index (Phi) is 4.78. The van der Waals surface area contributed by atoms with Crippen LogP contribution in [0.25, 0.3) is 0 Å². The van der Waals surface area contributed by atoms with Gasteiger partial charge in [-0.2, -0.15) is 0 Å². The molecule has 0 radical (unpaired) electrons. The molecule has 0 aliphatic carbocycles. The topological polar surface area (TPSA) is 78.5 Å². The maximum atomic E-state index is 12.2. The summed E-state index contributed by atoms with van der Waals surface area (Å²) in [6.07, 6.45) is -1.05. The number of hydrogen-bond donors (Lipinski definition) is 1. The number of carbonyl (C=O) groups is 2. The van der Waals surface area contributed by atoms with Gasteiger partial charge in [0.05, 0.1) is 5.97 Å². The van der Waals surface area contributed by atoms with Crippen LogP contribution in [0.1, 0.15) is 22.8 Å². The Hall–Kier alpha value is -2.82. The number of hydrogen-bond acceptors (Lipinski definition) is 4. The van der Waals surface area contributed by atoms with Gasteiger partial charge in [0.25, 0.3) is 5.91 Å². The molecule has 2 aromatic carbocycles. The Morgan fingerprint density at radius 2 is 1.73 bits per heavy atom. The zero-order chi connectivity index (χ0) is 16.1. The average molecular weight is 298 g/mol. The van der Waals surface area contributed by atoms with Gasteiger partial charge in [-0.3, -0.25) is 4.79 Å². The van der Waals surface area contributed by atoms with Gasteiger partial charge in [0.15, 0.2) is 0 Å². The van der Waals surface area contributed by atoms with Crippen molar-refractivity contribution in [2.24, 2.45) is 0 Å². The number of anilines is 1. The van der Waals surface area contributed by atoms with Crippen molar-refractivity contribution in [2.45, 2.75) is 20.0 Å². The molecule has 0 spiro atoms. The van der Waals surface area contributed by atoms with Crippen LogP contribution in [0.2, 0.25) is 0 Å². The highest BCUT2D eigenvalue weighted by molar-refractivity contribution is 6.04. The van der Waals surface area contributed by atoms with E-state index in [1.807, 2.05) is 31.2 Å². The second-order valence-corrected chi connectivity index (χ2v) is 4.87. The molecule has 1 amide bonds. The third-order valence-electron chi connectivity index (χ3n) is 3.15. The van der Waals surface area contributed by atoms with Crippen molar-refractivity contribution < 1.29 is 19.4 Å². The predicted octanol–water partition coefficient (Wildman–Crippen LogP) is 1.76. The van der Waals surface area contributed by atoms with Gasteiger partial charge in [0.2, 0.25) is 0 Å². The molecule has 0 unspecified atom stereocenters. The lowest BCUT2D eigenvalue weighted by Crippen LogP contribution is -2.37. The third-order valence-corrected chi connectivity index (χ3v) is 3.15. The highest BCUT2D eigenvalue weighted by Gasteiger charge is 2.09. The van der Waals surface area contributed by atoms with E-state index in [4.69, 9.17) is 4.74 Å². The molecule has 5 nitrogen and oxygen atoms in total. The molecule has 0 aliphatic heterocycles. The number of amides is 1.